The summed E-state index contributed by atoms with van der Waals surface area (Å²) in [5.41, 5.74) is 2.20. The van der Waals surface area contributed by atoms with E-state index < -0.39 is 0 Å². The quantitative estimate of drug-likeness (QED) is 0.431. The Kier molecular flexibility index (Phi) is 7.28. The third-order valence-corrected chi connectivity index (χ3v) is 6.60. The van der Waals surface area contributed by atoms with Crippen molar-refractivity contribution in [2.75, 3.05) is 61.5 Å². The number of benzene rings is 1. The van der Waals surface area contributed by atoms with Crippen molar-refractivity contribution in [2.45, 2.75) is 12.8 Å². The molecule has 0 unspecified atom stereocenters. The Hall–Kier alpha value is -1.36. The molecule has 2 fully saturated rings. The van der Waals surface area contributed by atoms with Crippen LogP contribution in [0.3, 0.4) is 0 Å². The van der Waals surface area contributed by atoms with Crippen molar-refractivity contribution >= 4 is 57.6 Å². The van der Waals surface area contributed by atoms with Crippen molar-refractivity contribution in [1.82, 2.24) is 13.1 Å². The van der Waals surface area contributed by atoms with E-state index in [-0.39, 0.29) is 0 Å². The van der Waals surface area contributed by atoms with Gasteiger partial charge < -0.3 is 20.3 Å². The normalized spacial score (nSPS) is 18.6. The predicted molar refractivity (Wildman–Crippen MR) is 127 cm³/mol. The molecule has 1 aromatic carbocycles. The Bertz CT molecular complexity index is 794. The van der Waals surface area contributed by atoms with Gasteiger partial charge >= 0.3 is 0 Å². The molecule has 1 aromatic heterocycles. The van der Waals surface area contributed by atoms with E-state index in [0.717, 1.165) is 64.5 Å². The van der Waals surface area contributed by atoms with E-state index in [9.17, 15) is 0 Å². The van der Waals surface area contributed by atoms with Crippen LogP contribution in [0.25, 0.3) is 0 Å². The van der Waals surface area contributed by atoms with Crippen LogP contribution < -0.4 is 15.5 Å². The van der Waals surface area contributed by atoms with Crippen LogP contribution >= 0.6 is 34.5 Å². The third-order valence-electron chi connectivity index (χ3n) is 5.36. The van der Waals surface area contributed by atoms with Crippen molar-refractivity contribution in [3.8, 4) is 0 Å². The SMILES string of the molecule is Clc1cnc(Nc2ccc(N3CCN(I)CC3)cc2)nc1NCC1CCOCC1. The fraction of sp³-hybridized carbons (Fsp3) is 0.500. The van der Waals surface area contributed by atoms with Crippen LogP contribution in [0, 0.1) is 5.92 Å². The van der Waals surface area contributed by atoms with Gasteiger partial charge in [-0.15, -0.1) is 0 Å². The molecule has 4 rings (SSSR count). The van der Waals surface area contributed by atoms with E-state index in [4.69, 9.17) is 16.3 Å². The summed E-state index contributed by atoms with van der Waals surface area (Å²) in [6, 6.07) is 8.43. The summed E-state index contributed by atoms with van der Waals surface area (Å²) in [6.45, 7) is 6.79. The number of rotatable bonds is 6. The monoisotopic (exact) mass is 528 g/mol. The van der Waals surface area contributed by atoms with Gasteiger partial charge in [0.15, 0.2) is 5.82 Å². The number of anilines is 4. The van der Waals surface area contributed by atoms with E-state index in [2.05, 4.69) is 75.7 Å². The fourth-order valence-corrected chi connectivity index (χ4v) is 4.16. The first-order valence-electron chi connectivity index (χ1n) is 10.0. The molecule has 2 aromatic rings. The molecule has 2 aliphatic rings. The van der Waals surface area contributed by atoms with E-state index >= 15 is 0 Å². The summed E-state index contributed by atoms with van der Waals surface area (Å²) in [5, 5.41) is 7.19. The molecular weight excluding hydrogens is 503 g/mol. The minimum absolute atomic E-state index is 0.535. The summed E-state index contributed by atoms with van der Waals surface area (Å²) >= 11 is 8.67. The van der Waals surface area contributed by atoms with Gasteiger partial charge in [0.1, 0.15) is 5.02 Å². The van der Waals surface area contributed by atoms with Gasteiger partial charge in [-0.1, -0.05) is 11.6 Å². The average Bonchev–Trinajstić information content (AvgIpc) is 2.76. The van der Waals surface area contributed by atoms with Gasteiger partial charge in [-0.05, 0) is 43.0 Å². The Morgan fingerprint density at radius 2 is 1.83 bits per heavy atom. The number of aromatic nitrogens is 2. The maximum absolute atomic E-state index is 6.28. The smallest absolute Gasteiger partial charge is 0.229 e. The molecule has 9 heteroatoms. The lowest BCUT2D eigenvalue weighted by Gasteiger charge is -2.33. The number of ether oxygens (including phenoxy) is 1. The lowest BCUT2D eigenvalue weighted by molar-refractivity contribution is 0.0699. The van der Waals surface area contributed by atoms with Gasteiger partial charge in [0.2, 0.25) is 5.95 Å². The molecule has 2 N–H and O–H groups in total. The maximum atomic E-state index is 6.28. The molecule has 0 atom stereocenters. The summed E-state index contributed by atoms with van der Waals surface area (Å²) in [5.74, 6) is 1.80. The Balaban J connectivity index is 1.36. The molecule has 0 radical (unpaired) electrons. The van der Waals surface area contributed by atoms with Crippen LogP contribution in [0.2, 0.25) is 5.02 Å². The topological polar surface area (TPSA) is 65.6 Å². The number of halogens is 2. The third kappa shape index (κ3) is 5.84. The van der Waals surface area contributed by atoms with E-state index in [1.807, 2.05) is 0 Å². The summed E-state index contributed by atoms with van der Waals surface area (Å²) < 4.78 is 7.75. The van der Waals surface area contributed by atoms with Gasteiger partial charge in [-0.25, -0.2) is 8.10 Å². The molecular formula is C20H26ClIN6O. The predicted octanol–water partition coefficient (Wildman–Crippen LogP) is 4.18. The molecule has 2 aliphatic heterocycles. The maximum Gasteiger partial charge on any atom is 0.229 e. The van der Waals surface area contributed by atoms with Crippen LogP contribution in [0.15, 0.2) is 30.5 Å². The van der Waals surface area contributed by atoms with Crippen molar-refractivity contribution in [2.24, 2.45) is 5.92 Å². The van der Waals surface area contributed by atoms with Crippen LogP contribution in [0.4, 0.5) is 23.1 Å². The highest BCUT2D eigenvalue weighted by Crippen LogP contribution is 2.25. The molecule has 0 bridgehead atoms. The molecule has 0 saturated carbocycles. The minimum Gasteiger partial charge on any atom is -0.381 e. The zero-order valence-electron chi connectivity index (χ0n) is 16.3. The summed E-state index contributed by atoms with van der Waals surface area (Å²) in [7, 11) is 0. The number of piperazine rings is 1. The van der Waals surface area contributed by atoms with Gasteiger partial charge in [0.25, 0.3) is 0 Å². The second-order valence-electron chi connectivity index (χ2n) is 7.40. The highest BCUT2D eigenvalue weighted by Gasteiger charge is 2.16. The lowest BCUT2D eigenvalue weighted by atomic mass is 10.0. The van der Waals surface area contributed by atoms with Gasteiger partial charge in [-0.3, -0.25) is 0 Å². The molecule has 29 heavy (non-hydrogen) atoms. The van der Waals surface area contributed by atoms with E-state index in [1.165, 1.54) is 5.69 Å². The van der Waals surface area contributed by atoms with Crippen LogP contribution in [0.5, 0.6) is 0 Å². The standard InChI is InChI=1S/C20H26ClIN6O/c21-18-14-24-20(26-19(18)23-13-15-5-11-29-12-6-15)25-16-1-3-17(4-2-16)27-7-9-28(22)10-8-27/h1-4,14-15H,5-13H2,(H2,23,24,25,26). The lowest BCUT2D eigenvalue weighted by Crippen LogP contribution is -2.42. The van der Waals surface area contributed by atoms with Gasteiger partial charge in [-0.2, -0.15) is 4.98 Å². The van der Waals surface area contributed by atoms with E-state index in [1.54, 1.807) is 6.20 Å². The number of nitrogens with one attached hydrogen (secondary N) is 2. The van der Waals surface area contributed by atoms with E-state index in [0.29, 0.717) is 22.7 Å². The van der Waals surface area contributed by atoms with Crippen LogP contribution in [-0.4, -0.2) is 59.0 Å². The summed E-state index contributed by atoms with van der Waals surface area (Å²) in [4.78, 5) is 11.3. The molecule has 3 heterocycles. The molecule has 2 saturated heterocycles. The average molecular weight is 529 g/mol. The molecule has 0 spiro atoms. The van der Waals surface area contributed by atoms with Gasteiger partial charge in [0.05, 0.1) is 6.20 Å². The van der Waals surface area contributed by atoms with Crippen molar-refractivity contribution in [1.29, 1.82) is 0 Å². The number of hydrogen-bond acceptors (Lipinski definition) is 7. The second-order valence-corrected chi connectivity index (χ2v) is 9.17. The Morgan fingerprint density at radius 1 is 1.10 bits per heavy atom. The highest BCUT2D eigenvalue weighted by molar-refractivity contribution is 14.1. The highest BCUT2D eigenvalue weighted by atomic mass is 127. The zero-order chi connectivity index (χ0) is 20.1. The summed E-state index contributed by atoms with van der Waals surface area (Å²) in [6.07, 6.45) is 3.78. The van der Waals surface area contributed by atoms with Crippen molar-refractivity contribution in [3.05, 3.63) is 35.5 Å². The minimum atomic E-state index is 0.535. The molecule has 7 nitrogen and oxygen atoms in total. The van der Waals surface area contributed by atoms with Crippen LogP contribution in [-0.2, 0) is 4.74 Å². The van der Waals surface area contributed by atoms with Gasteiger partial charge in [0, 0.05) is 80.2 Å². The number of nitrogens with zero attached hydrogens (tertiary/aromatic N) is 4. The van der Waals surface area contributed by atoms with Crippen LogP contribution in [0.1, 0.15) is 12.8 Å². The first kappa shape index (κ1) is 20.9. The first-order valence-corrected chi connectivity index (χ1v) is 11.4. The zero-order valence-corrected chi connectivity index (χ0v) is 19.2. The molecule has 156 valence electrons. The number of hydrogen-bond donors (Lipinski definition) is 2. The Morgan fingerprint density at radius 3 is 2.55 bits per heavy atom. The first-order chi connectivity index (χ1) is 14.2. The van der Waals surface area contributed by atoms with Crippen molar-refractivity contribution < 1.29 is 4.74 Å². The second kappa shape index (κ2) is 10.1. The molecule has 0 amide bonds. The fourth-order valence-electron chi connectivity index (χ4n) is 3.57. The Labute approximate surface area is 190 Å². The van der Waals surface area contributed by atoms with Crippen molar-refractivity contribution in [3.63, 3.8) is 0 Å². The molecule has 0 aliphatic carbocycles. The largest absolute Gasteiger partial charge is 0.381 e.